The molecule has 0 spiro atoms. The van der Waals surface area contributed by atoms with Crippen molar-refractivity contribution in [1.82, 2.24) is 9.47 Å². The number of pyridine rings is 1. The van der Waals surface area contributed by atoms with E-state index in [4.69, 9.17) is 23.2 Å². The number of aromatic hydroxyl groups is 1. The molecule has 2 aromatic rings. The maximum atomic E-state index is 12.9. The molecule has 10 heteroatoms. The first kappa shape index (κ1) is 19.7. The van der Waals surface area contributed by atoms with Crippen LogP contribution in [0.4, 0.5) is 0 Å². The number of aromatic nitrogens is 1. The highest BCUT2D eigenvalue weighted by atomic mass is 35.5. The number of nitrogens with zero attached hydrogens (tertiary/aromatic N) is 2. The quantitative estimate of drug-likeness (QED) is 0.800. The molecule has 1 N–H and O–H groups in total. The van der Waals surface area contributed by atoms with Crippen molar-refractivity contribution in [2.75, 3.05) is 12.8 Å². The number of amides is 1. The summed E-state index contributed by atoms with van der Waals surface area (Å²) in [6.07, 6.45) is 1.04. The number of hydrogen-bond donors (Lipinski definition) is 1. The monoisotopic (exact) mass is 430 g/mol. The van der Waals surface area contributed by atoms with Gasteiger partial charge in [0, 0.05) is 37.7 Å². The number of hydrogen-bond acceptors (Lipinski definition) is 5. The van der Waals surface area contributed by atoms with Crippen molar-refractivity contribution in [1.29, 1.82) is 0 Å². The van der Waals surface area contributed by atoms with Gasteiger partial charge in [-0.05, 0) is 17.7 Å². The average Bonchev–Trinajstić information content (AvgIpc) is 2.56. The van der Waals surface area contributed by atoms with Crippen LogP contribution in [0.1, 0.15) is 21.7 Å². The van der Waals surface area contributed by atoms with E-state index in [1.807, 2.05) is 0 Å². The zero-order valence-corrected chi connectivity index (χ0v) is 16.6. The van der Waals surface area contributed by atoms with Crippen LogP contribution in [0.2, 0.25) is 10.0 Å². The molecule has 1 aromatic heterocycles. The van der Waals surface area contributed by atoms with Gasteiger partial charge in [0.2, 0.25) is 5.43 Å². The molecule has 0 bridgehead atoms. The Morgan fingerprint density at radius 2 is 1.81 bits per heavy atom. The van der Waals surface area contributed by atoms with E-state index in [1.165, 1.54) is 9.47 Å². The topological polar surface area (TPSA) is 96.7 Å². The molecule has 27 heavy (non-hydrogen) atoms. The molecular weight excluding hydrogens is 415 g/mol. The van der Waals surface area contributed by atoms with Gasteiger partial charge in [0.25, 0.3) is 5.91 Å². The van der Waals surface area contributed by atoms with Crippen molar-refractivity contribution in [3.63, 3.8) is 0 Å². The molecule has 1 aromatic carbocycles. The Morgan fingerprint density at radius 3 is 2.44 bits per heavy atom. The number of fused-ring (bicyclic) bond motifs is 1. The number of sulfone groups is 1. The van der Waals surface area contributed by atoms with Gasteiger partial charge in [-0.3, -0.25) is 9.59 Å². The first-order valence-corrected chi connectivity index (χ1v) is 10.7. The summed E-state index contributed by atoms with van der Waals surface area (Å²) in [4.78, 5) is 26.3. The summed E-state index contributed by atoms with van der Waals surface area (Å²) in [5, 5.41) is 10.9. The van der Waals surface area contributed by atoms with Crippen molar-refractivity contribution in [2.24, 2.45) is 0 Å². The van der Waals surface area contributed by atoms with Crippen LogP contribution in [-0.4, -0.2) is 41.7 Å². The Kier molecular flexibility index (Phi) is 5.24. The highest BCUT2D eigenvalue weighted by molar-refractivity contribution is 7.89. The molecule has 0 fully saturated rings. The van der Waals surface area contributed by atoms with Crippen LogP contribution in [0, 0.1) is 0 Å². The first-order chi connectivity index (χ1) is 12.6. The molecule has 1 aliphatic rings. The van der Waals surface area contributed by atoms with Crippen LogP contribution < -0.4 is 5.43 Å². The average molecular weight is 431 g/mol. The van der Waals surface area contributed by atoms with E-state index >= 15 is 0 Å². The Morgan fingerprint density at radius 1 is 1.11 bits per heavy atom. The van der Waals surface area contributed by atoms with Crippen LogP contribution >= 0.6 is 23.2 Å². The van der Waals surface area contributed by atoms with Gasteiger partial charge >= 0.3 is 0 Å². The minimum atomic E-state index is -3.42. The molecule has 0 atom stereocenters. The van der Waals surface area contributed by atoms with E-state index in [1.54, 1.807) is 18.2 Å². The molecule has 1 amide bonds. The summed E-state index contributed by atoms with van der Waals surface area (Å²) in [5.41, 5.74) is -0.0738. The Balaban J connectivity index is 1.99. The van der Waals surface area contributed by atoms with E-state index in [9.17, 15) is 23.1 Å². The smallest absolute Gasteiger partial charge is 0.274 e. The molecule has 0 unspecified atom stereocenters. The van der Waals surface area contributed by atoms with Crippen LogP contribution in [0.5, 0.6) is 5.75 Å². The van der Waals surface area contributed by atoms with Crippen LogP contribution in [0.25, 0.3) is 0 Å². The van der Waals surface area contributed by atoms with Crippen molar-refractivity contribution in [2.45, 2.75) is 18.8 Å². The minimum absolute atomic E-state index is 0.179. The number of carbonyl (C=O) groups excluding carboxylic acids is 1. The van der Waals surface area contributed by atoms with Crippen LogP contribution in [-0.2, 0) is 28.7 Å². The Labute approximate surface area is 165 Å². The molecule has 2 heterocycles. The molecule has 0 radical (unpaired) electrons. The number of benzene rings is 1. The predicted octanol–water partition coefficient (Wildman–Crippen LogP) is 2.06. The van der Waals surface area contributed by atoms with E-state index in [2.05, 4.69) is 0 Å². The van der Waals surface area contributed by atoms with Gasteiger partial charge in [0.1, 0.15) is 0 Å². The summed E-state index contributed by atoms with van der Waals surface area (Å²) >= 11 is 11.9. The van der Waals surface area contributed by atoms with E-state index < -0.39 is 32.7 Å². The van der Waals surface area contributed by atoms with Gasteiger partial charge in [-0.25, -0.2) is 8.42 Å². The Hall–Kier alpha value is -2.03. The van der Waals surface area contributed by atoms with Gasteiger partial charge in [-0.1, -0.05) is 29.3 Å². The fourth-order valence-corrected chi connectivity index (χ4v) is 4.12. The van der Waals surface area contributed by atoms with Gasteiger partial charge in [-0.15, -0.1) is 0 Å². The van der Waals surface area contributed by atoms with Gasteiger partial charge < -0.3 is 14.6 Å². The molecule has 1 aliphatic heterocycles. The fourth-order valence-electron chi connectivity index (χ4n) is 3.03. The number of rotatable bonds is 4. The molecule has 0 saturated carbocycles. The van der Waals surface area contributed by atoms with Crippen molar-refractivity contribution in [3.8, 4) is 5.75 Å². The molecule has 0 aliphatic carbocycles. The molecule has 3 rings (SSSR count). The summed E-state index contributed by atoms with van der Waals surface area (Å²) in [6, 6.07) is 6.04. The molecule has 7 nitrogen and oxygen atoms in total. The lowest BCUT2D eigenvalue weighted by Gasteiger charge is -2.31. The van der Waals surface area contributed by atoms with Gasteiger partial charge in [0.15, 0.2) is 21.3 Å². The molecular formula is C17H16Cl2N2O5S. The second-order valence-corrected chi connectivity index (χ2v) is 9.35. The third kappa shape index (κ3) is 4.12. The number of halogens is 2. The highest BCUT2D eigenvalue weighted by Gasteiger charge is 2.30. The Bertz CT molecular complexity index is 1100. The van der Waals surface area contributed by atoms with E-state index in [0.29, 0.717) is 10.0 Å². The molecule has 0 saturated heterocycles. The third-order valence-electron chi connectivity index (χ3n) is 4.22. The minimum Gasteiger partial charge on any atom is -0.503 e. The lowest BCUT2D eigenvalue weighted by atomic mass is 10.1. The second kappa shape index (κ2) is 7.18. The van der Waals surface area contributed by atoms with Crippen molar-refractivity contribution >= 4 is 38.9 Å². The third-order valence-corrected chi connectivity index (χ3v) is 5.78. The second-order valence-electron chi connectivity index (χ2n) is 6.39. The van der Waals surface area contributed by atoms with Gasteiger partial charge in [0.05, 0.1) is 15.8 Å². The maximum Gasteiger partial charge on any atom is 0.274 e. The SMILES string of the molecule is CS(=O)(=O)Cc1cc(=O)c(O)c2n1CCN(Cc1ccc(Cl)c(Cl)c1)C2=O. The zero-order valence-electron chi connectivity index (χ0n) is 14.3. The summed E-state index contributed by atoms with van der Waals surface area (Å²) in [7, 11) is -3.42. The van der Waals surface area contributed by atoms with Crippen LogP contribution in [0.3, 0.4) is 0 Å². The number of carbonyl (C=O) groups is 1. The maximum absolute atomic E-state index is 12.9. The largest absolute Gasteiger partial charge is 0.503 e. The first-order valence-electron chi connectivity index (χ1n) is 7.93. The normalized spacial score (nSPS) is 14.3. The molecule has 144 valence electrons. The standard InChI is InChI=1S/C17H16Cl2N2O5S/c1-27(25,26)9-11-7-14(22)16(23)15-17(24)20(4-5-21(11)15)8-10-2-3-12(18)13(19)6-10/h2-3,6-7,23H,4-5,8-9H2,1H3. The summed E-state index contributed by atoms with van der Waals surface area (Å²) in [5.74, 6) is -1.64. The van der Waals surface area contributed by atoms with E-state index in [-0.39, 0.29) is 31.0 Å². The van der Waals surface area contributed by atoms with Crippen molar-refractivity contribution in [3.05, 3.63) is 61.5 Å². The highest BCUT2D eigenvalue weighted by Crippen LogP contribution is 2.26. The lowest BCUT2D eigenvalue weighted by Crippen LogP contribution is -2.42. The van der Waals surface area contributed by atoms with E-state index in [0.717, 1.165) is 17.9 Å². The van der Waals surface area contributed by atoms with Gasteiger partial charge in [-0.2, -0.15) is 0 Å². The summed E-state index contributed by atoms with van der Waals surface area (Å²) in [6.45, 7) is 0.742. The fraction of sp³-hybridized carbons (Fsp3) is 0.294. The van der Waals surface area contributed by atoms with Crippen LogP contribution in [0.15, 0.2) is 29.1 Å². The lowest BCUT2D eigenvalue weighted by molar-refractivity contribution is 0.0681. The van der Waals surface area contributed by atoms with Crippen molar-refractivity contribution < 1.29 is 18.3 Å². The summed E-state index contributed by atoms with van der Waals surface area (Å²) < 4.78 is 24.7. The zero-order chi connectivity index (χ0) is 19.9. The predicted molar refractivity (Wildman–Crippen MR) is 102 cm³/mol.